The van der Waals surface area contributed by atoms with Crippen molar-refractivity contribution in [3.05, 3.63) is 0 Å². The lowest BCUT2D eigenvalue weighted by atomic mass is 10.2. The van der Waals surface area contributed by atoms with Gasteiger partial charge in [0.05, 0.1) is 16.8 Å². The molecule has 15 heavy (non-hydrogen) atoms. The molecule has 0 aliphatic rings. The van der Waals surface area contributed by atoms with Crippen LogP contribution in [0.25, 0.3) is 0 Å². The van der Waals surface area contributed by atoms with Gasteiger partial charge in [-0.1, -0.05) is 0 Å². The Hall–Kier alpha value is -0.810. The molecule has 0 aromatic rings. The SMILES string of the molecule is [2H]C([2H])([2H])OCC[C@@H](CO)NC(=O)OC(C)(C)C. The first-order valence-electron chi connectivity index (χ1n) is 6.28. The first kappa shape index (κ1) is 9.42. The van der Waals surface area contributed by atoms with Crippen molar-refractivity contribution in [1.29, 1.82) is 0 Å². The van der Waals surface area contributed by atoms with E-state index in [4.69, 9.17) is 14.0 Å². The third-order valence-electron chi connectivity index (χ3n) is 1.51. The van der Waals surface area contributed by atoms with Gasteiger partial charge in [-0.2, -0.15) is 0 Å². The van der Waals surface area contributed by atoms with Crippen LogP contribution in [0, 0.1) is 0 Å². The molecule has 0 radical (unpaired) electrons. The first-order valence-corrected chi connectivity index (χ1v) is 4.78. The number of aliphatic hydroxyl groups is 1. The smallest absolute Gasteiger partial charge is 0.407 e. The molecule has 0 aromatic heterocycles. The number of nitrogens with one attached hydrogen (secondary N) is 1. The maximum atomic E-state index is 11.4. The molecule has 5 heteroatoms. The van der Waals surface area contributed by atoms with Crippen LogP contribution in [-0.4, -0.2) is 43.1 Å². The molecular weight excluding hydrogens is 198 g/mol. The summed E-state index contributed by atoms with van der Waals surface area (Å²) in [5.41, 5.74) is -0.626. The quantitative estimate of drug-likeness (QED) is 0.725. The van der Waals surface area contributed by atoms with E-state index < -0.39 is 24.8 Å². The topological polar surface area (TPSA) is 67.8 Å². The average Bonchev–Trinajstić information content (AvgIpc) is 2.11. The second-order valence-corrected chi connectivity index (χ2v) is 4.16. The van der Waals surface area contributed by atoms with Crippen LogP contribution in [0.5, 0.6) is 0 Å². The van der Waals surface area contributed by atoms with E-state index in [1.807, 2.05) is 0 Å². The summed E-state index contributed by atoms with van der Waals surface area (Å²) < 4.78 is 30.0. The van der Waals surface area contributed by atoms with Crippen LogP contribution in [0.2, 0.25) is 0 Å². The summed E-state index contributed by atoms with van der Waals surface area (Å²) in [6.07, 6.45) is -0.468. The van der Waals surface area contributed by atoms with Gasteiger partial charge in [-0.3, -0.25) is 0 Å². The van der Waals surface area contributed by atoms with E-state index >= 15 is 0 Å². The summed E-state index contributed by atoms with van der Waals surface area (Å²) in [6.45, 7) is 4.76. The normalized spacial score (nSPS) is 17.2. The minimum absolute atomic E-state index is 0.0858. The lowest BCUT2D eigenvalue weighted by molar-refractivity contribution is 0.0466. The number of methoxy groups -OCH3 is 1. The highest BCUT2D eigenvalue weighted by atomic mass is 16.6. The minimum Gasteiger partial charge on any atom is -0.444 e. The molecule has 0 unspecified atom stereocenters. The summed E-state index contributed by atoms with van der Waals surface area (Å²) in [7, 11) is -2.47. The largest absolute Gasteiger partial charge is 0.444 e. The number of hydrogen-bond donors (Lipinski definition) is 2. The Morgan fingerprint density at radius 3 is 2.73 bits per heavy atom. The number of rotatable bonds is 5. The maximum absolute atomic E-state index is 11.4. The fourth-order valence-corrected chi connectivity index (χ4v) is 0.885. The van der Waals surface area contributed by atoms with Crippen molar-refractivity contribution < 1.29 is 23.5 Å². The fourth-order valence-electron chi connectivity index (χ4n) is 0.885. The molecule has 2 N–H and O–H groups in total. The Morgan fingerprint density at radius 1 is 1.60 bits per heavy atom. The van der Waals surface area contributed by atoms with Crippen LogP contribution >= 0.6 is 0 Å². The summed E-state index contributed by atoms with van der Waals surface area (Å²) >= 11 is 0. The van der Waals surface area contributed by atoms with Crippen molar-refractivity contribution in [2.75, 3.05) is 20.3 Å². The second kappa shape index (κ2) is 6.63. The van der Waals surface area contributed by atoms with Gasteiger partial charge in [0, 0.05) is 13.6 Å². The molecule has 0 saturated heterocycles. The molecule has 0 saturated carbocycles. The van der Waals surface area contributed by atoms with Crippen molar-refractivity contribution in [3.63, 3.8) is 0 Å². The van der Waals surface area contributed by atoms with Gasteiger partial charge in [-0.05, 0) is 27.2 Å². The van der Waals surface area contributed by atoms with Crippen LogP contribution in [0.3, 0.4) is 0 Å². The van der Waals surface area contributed by atoms with Gasteiger partial charge in [-0.25, -0.2) is 4.79 Å². The molecule has 1 amide bonds. The van der Waals surface area contributed by atoms with E-state index in [9.17, 15) is 4.79 Å². The summed E-state index contributed by atoms with van der Waals surface area (Å²) in [4.78, 5) is 11.4. The van der Waals surface area contributed by atoms with E-state index in [0.29, 0.717) is 0 Å². The van der Waals surface area contributed by atoms with Gasteiger partial charge < -0.3 is 19.9 Å². The Kier molecular flexibility index (Phi) is 4.16. The standard InChI is InChI=1S/C10H21NO4/c1-10(2,3)15-9(13)11-8(7-12)5-6-14-4/h8,12H,5-7H2,1-4H3,(H,11,13)/t8-/m0/s1/i4D3. The highest BCUT2D eigenvalue weighted by molar-refractivity contribution is 5.68. The zero-order chi connectivity index (χ0) is 14.4. The van der Waals surface area contributed by atoms with Crippen LogP contribution in [0.15, 0.2) is 0 Å². The molecule has 1 atom stereocenters. The average molecular weight is 222 g/mol. The fraction of sp³-hybridized carbons (Fsp3) is 0.900. The molecule has 90 valence electrons. The predicted molar refractivity (Wildman–Crippen MR) is 56.7 cm³/mol. The second-order valence-electron chi connectivity index (χ2n) is 4.16. The number of aliphatic hydroxyl groups excluding tert-OH is 1. The van der Waals surface area contributed by atoms with Crippen molar-refractivity contribution in [1.82, 2.24) is 5.32 Å². The van der Waals surface area contributed by atoms with Crippen LogP contribution in [-0.2, 0) is 9.47 Å². The molecule has 0 aliphatic carbocycles. The van der Waals surface area contributed by atoms with E-state index in [2.05, 4.69) is 10.1 Å². The molecule has 5 nitrogen and oxygen atoms in total. The number of ether oxygens (including phenoxy) is 2. The molecule has 0 spiro atoms. The first-order chi connectivity index (χ1) is 8.03. The summed E-state index contributed by atoms with van der Waals surface area (Å²) in [6, 6.07) is -0.595. The van der Waals surface area contributed by atoms with Crippen molar-refractivity contribution in [2.45, 2.75) is 38.8 Å². The zero-order valence-electron chi connectivity index (χ0n) is 12.4. The van der Waals surface area contributed by atoms with Crippen LogP contribution < -0.4 is 5.32 Å². The van der Waals surface area contributed by atoms with Crippen molar-refractivity contribution in [2.24, 2.45) is 0 Å². The highest BCUT2D eigenvalue weighted by Crippen LogP contribution is 2.07. The van der Waals surface area contributed by atoms with Gasteiger partial charge >= 0.3 is 6.09 Å². The number of alkyl carbamates (subject to hydrolysis) is 1. The molecule has 0 aliphatic heterocycles. The summed E-state index contributed by atoms with van der Waals surface area (Å²) in [5.74, 6) is 0. The third-order valence-corrected chi connectivity index (χ3v) is 1.51. The lowest BCUT2D eigenvalue weighted by Crippen LogP contribution is -2.41. The minimum atomic E-state index is -2.47. The predicted octanol–water partition coefficient (Wildman–Crippen LogP) is 0.908. The van der Waals surface area contributed by atoms with Crippen LogP contribution in [0.1, 0.15) is 31.3 Å². The number of carbonyl (C=O) groups is 1. The van der Waals surface area contributed by atoms with E-state index in [1.54, 1.807) is 20.8 Å². The van der Waals surface area contributed by atoms with Crippen molar-refractivity contribution >= 4 is 6.09 Å². The Bertz CT molecular complexity index is 263. The molecule has 0 aromatic carbocycles. The lowest BCUT2D eigenvalue weighted by Gasteiger charge is -2.22. The monoisotopic (exact) mass is 222 g/mol. The van der Waals surface area contributed by atoms with Gasteiger partial charge in [0.15, 0.2) is 0 Å². The third kappa shape index (κ3) is 8.20. The van der Waals surface area contributed by atoms with E-state index in [0.717, 1.165) is 0 Å². The maximum Gasteiger partial charge on any atom is 0.407 e. The van der Waals surface area contributed by atoms with Gasteiger partial charge in [-0.15, -0.1) is 0 Å². The summed E-state index contributed by atoms with van der Waals surface area (Å²) in [5, 5.41) is 11.5. The Morgan fingerprint density at radius 2 is 2.27 bits per heavy atom. The van der Waals surface area contributed by atoms with E-state index in [-0.39, 0.29) is 19.6 Å². The number of amides is 1. The number of hydrogen-bond acceptors (Lipinski definition) is 4. The Balaban J connectivity index is 4.00. The highest BCUT2D eigenvalue weighted by Gasteiger charge is 2.18. The molecule has 0 rings (SSSR count). The zero-order valence-corrected chi connectivity index (χ0v) is 9.37. The Labute approximate surface area is 95.0 Å². The molecular formula is C10H21NO4. The van der Waals surface area contributed by atoms with Gasteiger partial charge in [0.25, 0.3) is 0 Å². The van der Waals surface area contributed by atoms with Crippen molar-refractivity contribution in [3.8, 4) is 0 Å². The molecule has 0 heterocycles. The number of carbonyl (C=O) groups excluding carboxylic acids is 1. The van der Waals surface area contributed by atoms with E-state index in [1.165, 1.54) is 0 Å². The molecule has 0 fully saturated rings. The van der Waals surface area contributed by atoms with Gasteiger partial charge in [0.1, 0.15) is 5.60 Å². The van der Waals surface area contributed by atoms with Gasteiger partial charge in [0.2, 0.25) is 0 Å². The van der Waals surface area contributed by atoms with Crippen LogP contribution in [0.4, 0.5) is 4.79 Å². The molecule has 0 bridgehead atoms.